The maximum atomic E-state index is 8.23. The molecule has 0 spiro atoms. The molecular formula is C30H32BrN3. The number of nitrogens with two attached hydrogens (primary N) is 1. The molecule has 0 radical (unpaired) electrons. The van der Waals surface area contributed by atoms with E-state index < -0.39 is 0 Å². The van der Waals surface area contributed by atoms with Gasteiger partial charge in [-0.1, -0.05) is 126 Å². The minimum Gasteiger partial charge on any atom is -0.383 e. The Hall–Kier alpha value is -3.50. The van der Waals surface area contributed by atoms with Gasteiger partial charge in [-0.2, -0.15) is 0 Å². The summed E-state index contributed by atoms with van der Waals surface area (Å²) in [5.41, 5.74) is 12.2. The zero-order chi connectivity index (χ0) is 24.9. The first-order chi connectivity index (χ1) is 16.4. The topological polar surface area (TPSA) is 62.2 Å². The molecule has 3 rings (SSSR count). The largest absolute Gasteiger partial charge is 0.383 e. The summed E-state index contributed by atoms with van der Waals surface area (Å²) in [4.78, 5) is 4.21. The van der Waals surface area contributed by atoms with Crippen molar-refractivity contribution >= 4 is 27.6 Å². The van der Waals surface area contributed by atoms with Crippen molar-refractivity contribution < 1.29 is 0 Å². The van der Waals surface area contributed by atoms with E-state index in [1.807, 2.05) is 67.6 Å². The number of rotatable bonds is 6. The summed E-state index contributed by atoms with van der Waals surface area (Å²) in [6.07, 6.45) is 8.20. The van der Waals surface area contributed by atoms with Gasteiger partial charge in [-0.25, -0.2) is 4.99 Å². The van der Waals surface area contributed by atoms with E-state index >= 15 is 0 Å². The van der Waals surface area contributed by atoms with Crippen LogP contribution in [0.15, 0.2) is 119 Å². The maximum absolute atomic E-state index is 8.23. The second-order valence-corrected chi connectivity index (χ2v) is 8.45. The van der Waals surface area contributed by atoms with E-state index in [9.17, 15) is 0 Å². The fourth-order valence-electron chi connectivity index (χ4n) is 3.06. The zero-order valence-corrected chi connectivity index (χ0v) is 21.6. The van der Waals surface area contributed by atoms with Gasteiger partial charge >= 0.3 is 0 Å². The lowest BCUT2D eigenvalue weighted by Gasteiger charge is -2.08. The summed E-state index contributed by atoms with van der Waals surface area (Å²) in [6, 6.07) is 24.4. The van der Waals surface area contributed by atoms with Gasteiger partial charge in [0, 0.05) is 15.6 Å². The van der Waals surface area contributed by atoms with Crippen molar-refractivity contribution in [1.82, 2.24) is 0 Å². The lowest BCUT2D eigenvalue weighted by Crippen LogP contribution is -2.16. The number of allylic oxidation sites excluding steroid dienone is 3. The molecule has 0 saturated heterocycles. The van der Waals surface area contributed by atoms with E-state index in [0.29, 0.717) is 11.1 Å². The van der Waals surface area contributed by atoms with Crippen LogP contribution in [0.25, 0.3) is 11.1 Å². The van der Waals surface area contributed by atoms with Crippen molar-refractivity contribution in [3.05, 3.63) is 130 Å². The Balaban J connectivity index is 0.000000497. The lowest BCUT2D eigenvalue weighted by molar-refractivity contribution is 1.14. The molecule has 0 bridgehead atoms. The Morgan fingerprint density at radius 3 is 2.26 bits per heavy atom. The van der Waals surface area contributed by atoms with Crippen LogP contribution in [0.3, 0.4) is 0 Å². The average molecular weight is 515 g/mol. The highest BCUT2D eigenvalue weighted by molar-refractivity contribution is 9.10. The predicted octanol–water partition coefficient (Wildman–Crippen LogP) is 8.04. The van der Waals surface area contributed by atoms with Crippen molar-refractivity contribution in [2.75, 3.05) is 0 Å². The van der Waals surface area contributed by atoms with E-state index in [-0.39, 0.29) is 11.7 Å². The lowest BCUT2D eigenvalue weighted by atomic mass is 10.0. The van der Waals surface area contributed by atoms with Crippen LogP contribution in [0.2, 0.25) is 0 Å². The van der Waals surface area contributed by atoms with Crippen molar-refractivity contribution in [3.63, 3.8) is 0 Å². The zero-order valence-electron chi connectivity index (χ0n) is 20.1. The van der Waals surface area contributed by atoms with Crippen LogP contribution in [-0.4, -0.2) is 11.7 Å². The third-order valence-electron chi connectivity index (χ3n) is 5.06. The molecule has 4 heteroatoms. The van der Waals surface area contributed by atoms with Gasteiger partial charge in [0.25, 0.3) is 0 Å². The molecule has 174 valence electrons. The first kappa shape index (κ1) is 26.7. The summed E-state index contributed by atoms with van der Waals surface area (Å²) in [6.45, 7) is 9.89. The molecule has 0 atom stereocenters. The molecule has 0 aliphatic rings. The smallest absolute Gasteiger partial charge is 0.154 e. The number of amidine groups is 2. The molecule has 3 N–H and O–H groups in total. The molecule has 0 unspecified atom stereocenters. The van der Waals surface area contributed by atoms with Gasteiger partial charge in [0.15, 0.2) is 5.84 Å². The molecule has 3 aromatic rings. The Labute approximate surface area is 212 Å². The third kappa shape index (κ3) is 8.13. The van der Waals surface area contributed by atoms with E-state index in [1.54, 1.807) is 6.08 Å². The standard InChI is InChI=1S/C23H24BrN3.C7H8/c1-4-7-8-17(6-3)22(25)27-23(26)19-12-10-18(11-13-19)20-15-16(5-2)9-14-21(20)24;1-7-5-3-2-4-6-7/h4,6-15H,3,5H2,1-2H3,(H3,25,26,27);2-6H,1H3/b7-4-,17-8+;. The van der Waals surface area contributed by atoms with Crippen molar-refractivity contribution in [2.24, 2.45) is 10.7 Å². The van der Waals surface area contributed by atoms with Crippen molar-refractivity contribution in [3.8, 4) is 11.1 Å². The first-order valence-electron chi connectivity index (χ1n) is 11.2. The summed E-state index contributed by atoms with van der Waals surface area (Å²) >= 11 is 3.62. The summed E-state index contributed by atoms with van der Waals surface area (Å²) in [7, 11) is 0. The van der Waals surface area contributed by atoms with Gasteiger partial charge in [-0.15, -0.1) is 0 Å². The number of aryl methyl sites for hydroxylation is 2. The Kier molecular flexibility index (Phi) is 10.9. The maximum Gasteiger partial charge on any atom is 0.154 e. The van der Waals surface area contributed by atoms with E-state index in [2.05, 4.69) is 71.7 Å². The number of aliphatic imine (C=N–C) groups is 1. The van der Waals surface area contributed by atoms with Crippen molar-refractivity contribution in [2.45, 2.75) is 27.2 Å². The first-order valence-corrected chi connectivity index (χ1v) is 12.0. The number of benzene rings is 3. The normalized spacial score (nSPS) is 11.6. The second kappa shape index (κ2) is 13.9. The van der Waals surface area contributed by atoms with Crippen LogP contribution in [0.1, 0.15) is 30.5 Å². The molecule has 0 fully saturated rings. The minimum absolute atomic E-state index is 0.119. The molecule has 0 aromatic heterocycles. The molecule has 0 amide bonds. The van der Waals surface area contributed by atoms with Gasteiger partial charge in [-0.3, -0.25) is 5.41 Å². The van der Waals surface area contributed by atoms with Crippen molar-refractivity contribution in [1.29, 1.82) is 5.41 Å². The SMILES string of the molecule is C=C/C(=C\C=C/C)C(N)=NC(=N)c1ccc(-c2cc(CC)ccc2Br)cc1.Cc1ccccc1. The summed E-state index contributed by atoms with van der Waals surface area (Å²) in [5, 5.41) is 8.23. The molecule has 0 heterocycles. The fourth-order valence-corrected chi connectivity index (χ4v) is 3.54. The Morgan fingerprint density at radius 1 is 1.06 bits per heavy atom. The quantitative estimate of drug-likeness (QED) is 0.195. The minimum atomic E-state index is 0.119. The fraction of sp³-hybridized carbons (Fsp3) is 0.133. The van der Waals surface area contributed by atoms with Crippen LogP contribution in [0, 0.1) is 12.3 Å². The highest BCUT2D eigenvalue weighted by Crippen LogP contribution is 2.29. The Morgan fingerprint density at radius 2 is 1.74 bits per heavy atom. The molecular weight excluding hydrogens is 482 g/mol. The molecule has 34 heavy (non-hydrogen) atoms. The molecule has 3 aromatic carbocycles. The molecule has 0 aliphatic heterocycles. The van der Waals surface area contributed by atoms with E-state index in [1.165, 1.54) is 11.1 Å². The number of halogens is 1. The predicted molar refractivity (Wildman–Crippen MR) is 152 cm³/mol. The number of nitrogens with zero attached hydrogens (tertiary/aromatic N) is 1. The van der Waals surface area contributed by atoms with E-state index in [4.69, 9.17) is 11.1 Å². The monoisotopic (exact) mass is 513 g/mol. The molecule has 0 aliphatic carbocycles. The van der Waals surface area contributed by atoms with Gasteiger partial charge in [0.05, 0.1) is 0 Å². The van der Waals surface area contributed by atoms with Gasteiger partial charge in [-0.05, 0) is 43.0 Å². The van der Waals surface area contributed by atoms with Crippen LogP contribution < -0.4 is 5.73 Å². The van der Waals surface area contributed by atoms with Gasteiger partial charge < -0.3 is 5.73 Å². The number of nitrogens with one attached hydrogen (secondary N) is 1. The summed E-state index contributed by atoms with van der Waals surface area (Å²) in [5.74, 6) is 0.393. The van der Waals surface area contributed by atoms with Crippen LogP contribution in [0.5, 0.6) is 0 Å². The average Bonchev–Trinajstić information content (AvgIpc) is 2.86. The van der Waals surface area contributed by atoms with Gasteiger partial charge in [0.2, 0.25) is 0 Å². The molecule has 3 nitrogen and oxygen atoms in total. The summed E-state index contributed by atoms with van der Waals surface area (Å²) < 4.78 is 1.05. The van der Waals surface area contributed by atoms with Crippen LogP contribution in [-0.2, 0) is 6.42 Å². The van der Waals surface area contributed by atoms with Crippen LogP contribution in [0.4, 0.5) is 0 Å². The van der Waals surface area contributed by atoms with Gasteiger partial charge in [0.1, 0.15) is 5.84 Å². The third-order valence-corrected chi connectivity index (χ3v) is 5.76. The highest BCUT2D eigenvalue weighted by atomic mass is 79.9. The number of hydrogen-bond donors (Lipinski definition) is 2. The second-order valence-electron chi connectivity index (χ2n) is 7.60. The van der Waals surface area contributed by atoms with E-state index in [0.717, 1.165) is 22.0 Å². The Bertz CT molecular complexity index is 1190. The van der Waals surface area contributed by atoms with Crippen LogP contribution >= 0.6 is 15.9 Å². The molecule has 0 saturated carbocycles. The highest BCUT2D eigenvalue weighted by Gasteiger charge is 2.07. The number of hydrogen-bond acceptors (Lipinski definition) is 1.